The zero-order valence-corrected chi connectivity index (χ0v) is 13.7. The van der Waals surface area contributed by atoms with Gasteiger partial charge in [-0.1, -0.05) is 5.16 Å². The molecule has 0 saturated heterocycles. The molecule has 9 nitrogen and oxygen atoms in total. The highest BCUT2D eigenvalue weighted by molar-refractivity contribution is 5.75. The number of aromatic nitrogens is 5. The van der Waals surface area contributed by atoms with E-state index in [9.17, 15) is 9.59 Å². The Bertz CT molecular complexity index is 932. The SMILES string of the molecule is CC(C)NC(=O)Cn1nc(-c2nc(-c3cccnc3)no2)ccc1=O. The molecule has 0 bridgehead atoms. The molecule has 0 aliphatic rings. The Morgan fingerprint density at radius 2 is 2.16 bits per heavy atom. The number of carbonyl (C=O) groups is 1. The van der Waals surface area contributed by atoms with Gasteiger partial charge in [-0.15, -0.1) is 0 Å². The molecule has 0 atom stereocenters. The number of nitrogens with one attached hydrogen (secondary N) is 1. The maximum Gasteiger partial charge on any atom is 0.278 e. The van der Waals surface area contributed by atoms with E-state index in [0.717, 1.165) is 4.68 Å². The molecule has 3 aromatic rings. The van der Waals surface area contributed by atoms with Crippen LogP contribution >= 0.6 is 0 Å². The van der Waals surface area contributed by atoms with Crippen molar-refractivity contribution in [2.24, 2.45) is 0 Å². The van der Waals surface area contributed by atoms with E-state index in [-0.39, 0.29) is 24.4 Å². The fraction of sp³-hybridized carbons (Fsp3) is 0.250. The molecule has 3 rings (SSSR count). The number of nitrogens with zero attached hydrogens (tertiary/aromatic N) is 5. The van der Waals surface area contributed by atoms with Crippen molar-refractivity contribution >= 4 is 5.91 Å². The zero-order valence-electron chi connectivity index (χ0n) is 13.7. The molecule has 1 N–H and O–H groups in total. The molecule has 0 radical (unpaired) electrons. The Balaban J connectivity index is 1.86. The Morgan fingerprint density at radius 3 is 2.88 bits per heavy atom. The predicted molar refractivity (Wildman–Crippen MR) is 88.3 cm³/mol. The van der Waals surface area contributed by atoms with Crippen LogP contribution in [0.5, 0.6) is 0 Å². The third-order valence-electron chi connectivity index (χ3n) is 3.17. The van der Waals surface area contributed by atoms with Crippen molar-refractivity contribution in [3.63, 3.8) is 0 Å². The molecule has 0 aromatic carbocycles. The van der Waals surface area contributed by atoms with Gasteiger partial charge in [0.1, 0.15) is 12.2 Å². The fourth-order valence-corrected chi connectivity index (χ4v) is 2.12. The highest BCUT2D eigenvalue weighted by Gasteiger charge is 2.14. The smallest absolute Gasteiger partial charge is 0.278 e. The van der Waals surface area contributed by atoms with Crippen LogP contribution in [0.25, 0.3) is 23.0 Å². The van der Waals surface area contributed by atoms with Gasteiger partial charge < -0.3 is 9.84 Å². The molecule has 128 valence electrons. The van der Waals surface area contributed by atoms with Gasteiger partial charge in [0.05, 0.1) is 0 Å². The van der Waals surface area contributed by atoms with Gasteiger partial charge in [-0.3, -0.25) is 14.6 Å². The summed E-state index contributed by atoms with van der Waals surface area (Å²) < 4.78 is 6.26. The van der Waals surface area contributed by atoms with E-state index in [4.69, 9.17) is 4.52 Å². The van der Waals surface area contributed by atoms with Crippen molar-refractivity contribution in [1.29, 1.82) is 0 Å². The predicted octanol–water partition coefficient (Wildman–Crippen LogP) is 0.880. The lowest BCUT2D eigenvalue weighted by Gasteiger charge is -2.09. The van der Waals surface area contributed by atoms with E-state index in [0.29, 0.717) is 17.1 Å². The first kappa shape index (κ1) is 16.5. The summed E-state index contributed by atoms with van der Waals surface area (Å²) in [4.78, 5) is 32.0. The van der Waals surface area contributed by atoms with Crippen molar-refractivity contribution in [2.45, 2.75) is 26.4 Å². The average Bonchev–Trinajstić information content (AvgIpc) is 3.07. The third-order valence-corrected chi connectivity index (χ3v) is 3.17. The summed E-state index contributed by atoms with van der Waals surface area (Å²) in [6.45, 7) is 3.49. The first-order valence-corrected chi connectivity index (χ1v) is 7.65. The maximum atomic E-state index is 11.9. The summed E-state index contributed by atoms with van der Waals surface area (Å²) >= 11 is 0. The van der Waals surface area contributed by atoms with Crippen LogP contribution < -0.4 is 10.9 Å². The van der Waals surface area contributed by atoms with Crippen LogP contribution in [0.4, 0.5) is 0 Å². The normalized spacial score (nSPS) is 10.8. The summed E-state index contributed by atoms with van der Waals surface area (Å²) in [7, 11) is 0. The Kier molecular flexibility index (Phi) is 4.64. The van der Waals surface area contributed by atoms with Gasteiger partial charge in [0.15, 0.2) is 0 Å². The Labute approximate surface area is 142 Å². The number of amides is 1. The monoisotopic (exact) mass is 340 g/mol. The summed E-state index contributed by atoms with van der Waals surface area (Å²) in [5, 5.41) is 10.7. The molecule has 0 aliphatic heterocycles. The lowest BCUT2D eigenvalue weighted by molar-refractivity contribution is -0.122. The minimum absolute atomic E-state index is 0.0237. The summed E-state index contributed by atoms with van der Waals surface area (Å²) in [5.74, 6) is 0.209. The van der Waals surface area contributed by atoms with E-state index in [1.165, 1.54) is 12.1 Å². The van der Waals surface area contributed by atoms with Gasteiger partial charge in [-0.25, -0.2) is 4.68 Å². The van der Waals surface area contributed by atoms with Crippen molar-refractivity contribution < 1.29 is 9.32 Å². The van der Waals surface area contributed by atoms with E-state index < -0.39 is 5.56 Å². The molecule has 25 heavy (non-hydrogen) atoms. The van der Waals surface area contributed by atoms with Crippen LogP contribution in [0.1, 0.15) is 13.8 Å². The second kappa shape index (κ2) is 7.04. The van der Waals surface area contributed by atoms with Crippen LogP contribution in [0.2, 0.25) is 0 Å². The van der Waals surface area contributed by atoms with E-state index in [1.807, 2.05) is 13.8 Å². The Morgan fingerprint density at radius 1 is 1.32 bits per heavy atom. The molecule has 0 unspecified atom stereocenters. The van der Waals surface area contributed by atoms with Crippen LogP contribution in [0.3, 0.4) is 0 Å². The molecule has 9 heteroatoms. The van der Waals surface area contributed by atoms with Gasteiger partial charge in [0.2, 0.25) is 11.7 Å². The number of hydrogen-bond acceptors (Lipinski definition) is 7. The lowest BCUT2D eigenvalue weighted by Crippen LogP contribution is -2.36. The average molecular weight is 340 g/mol. The maximum absolute atomic E-state index is 11.9. The van der Waals surface area contributed by atoms with Crippen molar-refractivity contribution in [3.05, 3.63) is 47.0 Å². The molecular formula is C16H16N6O3. The molecule has 0 fully saturated rings. The van der Waals surface area contributed by atoms with Crippen LogP contribution in [0, 0.1) is 0 Å². The van der Waals surface area contributed by atoms with Crippen LogP contribution in [-0.4, -0.2) is 36.9 Å². The molecule has 3 aromatic heterocycles. The summed E-state index contributed by atoms with van der Waals surface area (Å²) in [6, 6.07) is 6.31. The highest BCUT2D eigenvalue weighted by atomic mass is 16.5. The van der Waals surface area contributed by atoms with Crippen LogP contribution in [0.15, 0.2) is 46.0 Å². The third kappa shape index (κ3) is 3.94. The second-order valence-corrected chi connectivity index (χ2v) is 5.60. The van der Waals surface area contributed by atoms with Gasteiger partial charge in [-0.2, -0.15) is 10.1 Å². The fourth-order valence-electron chi connectivity index (χ4n) is 2.12. The van der Waals surface area contributed by atoms with Gasteiger partial charge >= 0.3 is 0 Å². The minimum Gasteiger partial charge on any atom is -0.352 e. The molecule has 3 heterocycles. The molecule has 0 aliphatic carbocycles. The topological polar surface area (TPSA) is 116 Å². The lowest BCUT2D eigenvalue weighted by atomic mass is 10.3. The molecule has 0 saturated carbocycles. The largest absolute Gasteiger partial charge is 0.352 e. The van der Waals surface area contributed by atoms with E-state index in [2.05, 4.69) is 25.5 Å². The minimum atomic E-state index is -0.394. The van der Waals surface area contributed by atoms with E-state index in [1.54, 1.807) is 24.5 Å². The number of hydrogen-bond donors (Lipinski definition) is 1. The zero-order chi connectivity index (χ0) is 17.8. The van der Waals surface area contributed by atoms with Crippen molar-refractivity contribution in [2.75, 3.05) is 0 Å². The Hall–Kier alpha value is -3.36. The molecular weight excluding hydrogens is 324 g/mol. The first-order chi connectivity index (χ1) is 12.0. The van der Waals surface area contributed by atoms with Gasteiger partial charge in [-0.05, 0) is 32.0 Å². The number of pyridine rings is 1. The quantitative estimate of drug-likeness (QED) is 0.733. The summed E-state index contributed by atoms with van der Waals surface area (Å²) in [6.07, 6.45) is 3.25. The molecule has 1 amide bonds. The molecule has 0 spiro atoms. The van der Waals surface area contributed by atoms with Crippen molar-refractivity contribution in [1.82, 2.24) is 30.2 Å². The number of carbonyl (C=O) groups excluding carboxylic acids is 1. The van der Waals surface area contributed by atoms with E-state index >= 15 is 0 Å². The number of rotatable bonds is 5. The van der Waals surface area contributed by atoms with Gasteiger partial charge in [0, 0.05) is 30.1 Å². The summed E-state index contributed by atoms with van der Waals surface area (Å²) in [5.41, 5.74) is 0.608. The second-order valence-electron chi connectivity index (χ2n) is 5.60. The standard InChI is InChI=1S/C16H16N6O3/c1-10(2)18-13(23)9-22-14(24)6-5-12(20-22)16-19-15(21-25-16)11-4-3-7-17-8-11/h3-8,10H,9H2,1-2H3,(H,18,23). The highest BCUT2D eigenvalue weighted by Crippen LogP contribution is 2.19. The van der Waals surface area contributed by atoms with Crippen molar-refractivity contribution in [3.8, 4) is 23.0 Å². The van der Waals surface area contributed by atoms with Gasteiger partial charge in [0.25, 0.3) is 11.4 Å². The van der Waals surface area contributed by atoms with Crippen LogP contribution in [-0.2, 0) is 11.3 Å². The first-order valence-electron chi connectivity index (χ1n) is 7.65.